The van der Waals surface area contributed by atoms with Crippen molar-refractivity contribution in [3.05, 3.63) is 11.1 Å². The number of aromatic nitrogens is 1. The van der Waals surface area contributed by atoms with Gasteiger partial charge in [-0.3, -0.25) is 9.59 Å². The first-order valence-corrected chi connectivity index (χ1v) is 6.06. The summed E-state index contributed by atoms with van der Waals surface area (Å²) in [7, 11) is 0. The highest BCUT2D eigenvalue weighted by Gasteiger charge is 2.28. The molecule has 0 aromatic carbocycles. The molecule has 0 spiro atoms. The van der Waals surface area contributed by atoms with E-state index in [1.165, 1.54) is 13.1 Å². The molecule has 0 radical (unpaired) electrons. The molecule has 1 amide bonds. The van der Waals surface area contributed by atoms with Crippen LogP contribution in [0.4, 0.5) is 5.13 Å². The number of nitrogens with one attached hydrogen (secondary N) is 1. The number of thiazole rings is 1. The SMILES string of the molecule is CC(=O)c1cnc(NC(=O)[C@@H](N)C(C)(C)C)s1. The van der Waals surface area contributed by atoms with Gasteiger partial charge in [-0.15, -0.1) is 0 Å². The van der Waals surface area contributed by atoms with E-state index in [1.54, 1.807) is 0 Å². The molecule has 94 valence electrons. The molecule has 0 unspecified atom stereocenters. The minimum absolute atomic E-state index is 0.0666. The van der Waals surface area contributed by atoms with Crippen molar-refractivity contribution in [1.82, 2.24) is 4.98 Å². The van der Waals surface area contributed by atoms with Gasteiger partial charge in [0.15, 0.2) is 10.9 Å². The van der Waals surface area contributed by atoms with Gasteiger partial charge < -0.3 is 11.1 Å². The minimum atomic E-state index is -0.618. The van der Waals surface area contributed by atoms with Crippen molar-refractivity contribution >= 4 is 28.2 Å². The van der Waals surface area contributed by atoms with Crippen molar-refractivity contribution in [2.75, 3.05) is 5.32 Å². The number of carbonyl (C=O) groups is 2. The summed E-state index contributed by atoms with van der Waals surface area (Å²) in [6, 6.07) is -0.618. The summed E-state index contributed by atoms with van der Waals surface area (Å²) in [5, 5.41) is 3.02. The van der Waals surface area contributed by atoms with Gasteiger partial charge in [0.2, 0.25) is 5.91 Å². The Morgan fingerprint density at radius 3 is 2.47 bits per heavy atom. The maximum Gasteiger partial charge on any atom is 0.243 e. The smallest absolute Gasteiger partial charge is 0.243 e. The van der Waals surface area contributed by atoms with E-state index >= 15 is 0 Å². The van der Waals surface area contributed by atoms with Crippen LogP contribution in [0.25, 0.3) is 0 Å². The van der Waals surface area contributed by atoms with E-state index in [9.17, 15) is 9.59 Å². The fourth-order valence-corrected chi connectivity index (χ4v) is 1.79. The third-order valence-corrected chi connectivity index (χ3v) is 3.31. The van der Waals surface area contributed by atoms with E-state index < -0.39 is 6.04 Å². The lowest BCUT2D eigenvalue weighted by Crippen LogP contribution is -2.45. The van der Waals surface area contributed by atoms with Gasteiger partial charge in [-0.05, 0) is 5.41 Å². The molecule has 0 aliphatic heterocycles. The van der Waals surface area contributed by atoms with Crippen LogP contribution >= 0.6 is 11.3 Å². The van der Waals surface area contributed by atoms with Gasteiger partial charge in [0.25, 0.3) is 0 Å². The van der Waals surface area contributed by atoms with Gasteiger partial charge in [0.1, 0.15) is 0 Å². The van der Waals surface area contributed by atoms with Crippen LogP contribution in [0.2, 0.25) is 0 Å². The number of Topliss-reactive ketones (excluding diaryl/α,β-unsaturated/α-hetero) is 1. The van der Waals surface area contributed by atoms with Crippen LogP contribution in [-0.4, -0.2) is 22.7 Å². The summed E-state index contributed by atoms with van der Waals surface area (Å²) in [5.41, 5.74) is 5.49. The Hall–Kier alpha value is -1.27. The fourth-order valence-electron chi connectivity index (χ4n) is 1.07. The molecule has 0 bridgehead atoms. The third-order valence-electron chi connectivity index (χ3n) is 2.30. The van der Waals surface area contributed by atoms with E-state index in [-0.39, 0.29) is 17.1 Å². The Labute approximate surface area is 104 Å². The number of anilines is 1. The van der Waals surface area contributed by atoms with Gasteiger partial charge in [0, 0.05) is 6.92 Å². The van der Waals surface area contributed by atoms with Crippen LogP contribution in [-0.2, 0) is 4.79 Å². The Balaban J connectivity index is 2.71. The van der Waals surface area contributed by atoms with E-state index in [0.717, 1.165) is 11.3 Å². The van der Waals surface area contributed by atoms with Crippen molar-refractivity contribution in [2.45, 2.75) is 33.7 Å². The van der Waals surface area contributed by atoms with Gasteiger partial charge in [0.05, 0.1) is 17.1 Å². The molecule has 5 nitrogen and oxygen atoms in total. The minimum Gasteiger partial charge on any atom is -0.319 e. The topological polar surface area (TPSA) is 85.1 Å². The molecule has 6 heteroatoms. The predicted octanol–water partition coefficient (Wildman–Crippen LogP) is 1.66. The zero-order chi connectivity index (χ0) is 13.2. The summed E-state index contributed by atoms with van der Waals surface area (Å²) < 4.78 is 0. The highest BCUT2D eigenvalue weighted by molar-refractivity contribution is 7.17. The Morgan fingerprint density at radius 1 is 1.47 bits per heavy atom. The molecule has 1 aromatic rings. The van der Waals surface area contributed by atoms with Crippen LogP contribution in [0.5, 0.6) is 0 Å². The second-order valence-electron chi connectivity index (χ2n) is 4.92. The van der Waals surface area contributed by atoms with Crippen LogP contribution in [0.15, 0.2) is 6.20 Å². The van der Waals surface area contributed by atoms with Crippen molar-refractivity contribution in [1.29, 1.82) is 0 Å². The third kappa shape index (κ3) is 3.61. The maximum absolute atomic E-state index is 11.8. The van der Waals surface area contributed by atoms with Gasteiger partial charge in [-0.2, -0.15) is 0 Å². The molecule has 0 aliphatic carbocycles. The zero-order valence-electron chi connectivity index (χ0n) is 10.4. The predicted molar refractivity (Wildman–Crippen MR) is 68.2 cm³/mol. The first-order chi connectivity index (χ1) is 7.71. The maximum atomic E-state index is 11.8. The van der Waals surface area contributed by atoms with Crippen LogP contribution < -0.4 is 11.1 Å². The Kier molecular flexibility index (Phi) is 4.00. The average Bonchev–Trinajstić information content (AvgIpc) is 2.63. The lowest BCUT2D eigenvalue weighted by atomic mass is 9.87. The van der Waals surface area contributed by atoms with Crippen LogP contribution in [0.1, 0.15) is 37.4 Å². The Bertz CT molecular complexity index is 434. The molecule has 17 heavy (non-hydrogen) atoms. The van der Waals surface area contributed by atoms with Gasteiger partial charge in [-0.25, -0.2) is 4.98 Å². The van der Waals surface area contributed by atoms with Crippen molar-refractivity contribution < 1.29 is 9.59 Å². The largest absolute Gasteiger partial charge is 0.319 e. The Morgan fingerprint density at radius 2 is 2.06 bits per heavy atom. The molecular weight excluding hydrogens is 238 g/mol. The number of amides is 1. The lowest BCUT2D eigenvalue weighted by Gasteiger charge is -2.25. The van der Waals surface area contributed by atoms with Gasteiger partial charge in [-0.1, -0.05) is 32.1 Å². The normalized spacial score (nSPS) is 13.2. The average molecular weight is 255 g/mol. The van der Waals surface area contributed by atoms with E-state index in [4.69, 9.17) is 5.73 Å². The van der Waals surface area contributed by atoms with Crippen LogP contribution in [0, 0.1) is 5.41 Å². The molecule has 0 saturated carbocycles. The molecule has 0 saturated heterocycles. The second-order valence-corrected chi connectivity index (χ2v) is 5.95. The standard InChI is InChI=1S/C11H17N3O2S/c1-6(15)7-5-13-10(17-7)14-9(16)8(12)11(2,3)4/h5,8H,12H2,1-4H3,(H,13,14,16)/t8-/m1/s1. The molecule has 3 N–H and O–H groups in total. The zero-order valence-corrected chi connectivity index (χ0v) is 11.2. The van der Waals surface area contributed by atoms with Gasteiger partial charge >= 0.3 is 0 Å². The summed E-state index contributed by atoms with van der Waals surface area (Å²) in [4.78, 5) is 27.3. The molecule has 0 fully saturated rings. The molecule has 1 atom stereocenters. The number of ketones is 1. The van der Waals surface area contributed by atoms with Crippen molar-refractivity contribution in [2.24, 2.45) is 11.1 Å². The number of rotatable bonds is 3. The number of hydrogen-bond donors (Lipinski definition) is 2. The first kappa shape index (κ1) is 13.8. The molecule has 1 aromatic heterocycles. The summed E-state index contributed by atoms with van der Waals surface area (Å²) >= 11 is 1.15. The van der Waals surface area contributed by atoms with Crippen LogP contribution in [0.3, 0.4) is 0 Å². The van der Waals surface area contributed by atoms with E-state index in [2.05, 4.69) is 10.3 Å². The highest BCUT2D eigenvalue weighted by atomic mass is 32.1. The fraction of sp³-hybridized carbons (Fsp3) is 0.545. The molecule has 1 rings (SSSR count). The van der Waals surface area contributed by atoms with E-state index in [1.807, 2.05) is 20.8 Å². The van der Waals surface area contributed by atoms with Crippen molar-refractivity contribution in [3.8, 4) is 0 Å². The molecule has 1 heterocycles. The number of carbonyl (C=O) groups excluding carboxylic acids is 2. The number of hydrogen-bond acceptors (Lipinski definition) is 5. The quantitative estimate of drug-likeness (QED) is 0.804. The summed E-state index contributed by atoms with van der Waals surface area (Å²) in [6.07, 6.45) is 1.45. The van der Waals surface area contributed by atoms with E-state index in [0.29, 0.717) is 10.0 Å². The number of nitrogens with zero attached hydrogens (tertiary/aromatic N) is 1. The second kappa shape index (κ2) is 4.93. The monoisotopic (exact) mass is 255 g/mol. The first-order valence-electron chi connectivity index (χ1n) is 5.25. The molecular formula is C11H17N3O2S. The van der Waals surface area contributed by atoms with Crippen molar-refractivity contribution in [3.63, 3.8) is 0 Å². The number of nitrogens with two attached hydrogens (primary N) is 1. The highest BCUT2D eigenvalue weighted by Crippen LogP contribution is 2.21. The lowest BCUT2D eigenvalue weighted by molar-refractivity contribution is -0.119. The molecule has 0 aliphatic rings. The summed E-state index contributed by atoms with van der Waals surface area (Å²) in [6.45, 7) is 7.13. The summed E-state index contributed by atoms with van der Waals surface area (Å²) in [5.74, 6) is -0.356.